The van der Waals surface area contributed by atoms with E-state index in [9.17, 15) is 4.79 Å². The fraction of sp³-hybridized carbons (Fsp3) is 0.375. The summed E-state index contributed by atoms with van der Waals surface area (Å²) >= 11 is 2.86. The number of carbonyl (C=O) groups excluding carboxylic acids is 1. The van der Waals surface area contributed by atoms with Crippen LogP contribution < -0.4 is 19.5 Å². The largest absolute Gasteiger partial charge is 0.497 e. The first-order chi connectivity index (χ1) is 16.7. The Balaban J connectivity index is 1.19. The average molecular weight is 499 g/mol. The number of ether oxygens (including phenoxy) is 3. The summed E-state index contributed by atoms with van der Waals surface area (Å²) in [5.74, 6) is 2.79. The van der Waals surface area contributed by atoms with E-state index < -0.39 is 0 Å². The van der Waals surface area contributed by atoms with Gasteiger partial charge in [-0.3, -0.25) is 4.79 Å². The van der Waals surface area contributed by atoms with Gasteiger partial charge in [0, 0.05) is 18.7 Å². The molecule has 0 bridgehead atoms. The summed E-state index contributed by atoms with van der Waals surface area (Å²) in [5.41, 5.74) is 2.00. The fourth-order valence-electron chi connectivity index (χ4n) is 4.12. The predicted molar refractivity (Wildman–Crippen MR) is 133 cm³/mol. The van der Waals surface area contributed by atoms with Crippen LogP contribution in [0, 0.1) is 0 Å². The number of aromatic nitrogens is 2. The molecule has 3 aromatic rings. The minimum Gasteiger partial charge on any atom is -0.497 e. The van der Waals surface area contributed by atoms with Crippen molar-refractivity contribution in [3.63, 3.8) is 0 Å². The minimum atomic E-state index is 0.0620. The molecule has 1 saturated heterocycles. The lowest BCUT2D eigenvalue weighted by Crippen LogP contribution is -2.32. The highest BCUT2D eigenvalue weighted by molar-refractivity contribution is 8.01. The monoisotopic (exact) mass is 498 g/mol. The third-order valence-corrected chi connectivity index (χ3v) is 7.75. The van der Waals surface area contributed by atoms with E-state index in [1.807, 2.05) is 41.3 Å². The van der Waals surface area contributed by atoms with Gasteiger partial charge in [0.2, 0.25) is 11.0 Å². The molecule has 1 fully saturated rings. The van der Waals surface area contributed by atoms with Crippen molar-refractivity contribution in [3.8, 4) is 17.2 Å². The van der Waals surface area contributed by atoms with E-state index >= 15 is 0 Å². The second kappa shape index (κ2) is 10.5. The first-order valence-electron chi connectivity index (χ1n) is 11.3. The van der Waals surface area contributed by atoms with Crippen LogP contribution in [0.4, 0.5) is 10.8 Å². The van der Waals surface area contributed by atoms with Crippen LogP contribution in [0.15, 0.2) is 46.8 Å². The van der Waals surface area contributed by atoms with Gasteiger partial charge in [-0.1, -0.05) is 29.2 Å². The highest BCUT2D eigenvalue weighted by Gasteiger charge is 2.31. The Bertz CT molecular complexity index is 1140. The van der Waals surface area contributed by atoms with E-state index in [-0.39, 0.29) is 11.9 Å². The zero-order chi connectivity index (χ0) is 23.3. The molecule has 0 aliphatic carbocycles. The number of fused-ring (bicyclic) bond motifs is 1. The van der Waals surface area contributed by atoms with Gasteiger partial charge >= 0.3 is 0 Å². The number of rotatable bonds is 7. The number of nitrogens with zero attached hydrogens (tertiary/aromatic N) is 3. The zero-order valence-corrected chi connectivity index (χ0v) is 20.5. The first-order valence-corrected chi connectivity index (χ1v) is 13.1. The van der Waals surface area contributed by atoms with Gasteiger partial charge in [-0.05, 0) is 54.8 Å². The van der Waals surface area contributed by atoms with Crippen molar-refractivity contribution in [1.82, 2.24) is 15.1 Å². The Hall–Kier alpha value is -2.98. The van der Waals surface area contributed by atoms with Gasteiger partial charge in [0.25, 0.3) is 0 Å². The number of carbonyl (C=O) groups is 1. The number of hydrogen-bond donors (Lipinski definition) is 1. The van der Waals surface area contributed by atoms with Gasteiger partial charge < -0.3 is 24.4 Å². The number of anilines is 2. The van der Waals surface area contributed by atoms with Crippen LogP contribution in [0.25, 0.3) is 0 Å². The maximum Gasteiger partial charge on any atom is 0.233 e. The molecule has 1 aromatic heterocycles. The topological polar surface area (TPSA) is 85.8 Å². The Morgan fingerprint density at radius 3 is 2.79 bits per heavy atom. The van der Waals surface area contributed by atoms with E-state index in [1.54, 1.807) is 7.11 Å². The predicted octanol–water partition coefficient (Wildman–Crippen LogP) is 4.91. The summed E-state index contributed by atoms with van der Waals surface area (Å²) in [4.78, 5) is 15.1. The molecule has 10 heteroatoms. The van der Waals surface area contributed by atoms with Gasteiger partial charge in [0.05, 0.1) is 32.1 Å². The number of benzene rings is 2. The van der Waals surface area contributed by atoms with Crippen molar-refractivity contribution in [3.05, 3.63) is 48.0 Å². The van der Waals surface area contributed by atoms with Crippen LogP contribution in [0.2, 0.25) is 0 Å². The number of nitrogens with one attached hydrogen (secondary N) is 1. The summed E-state index contributed by atoms with van der Waals surface area (Å²) in [6.45, 7) is 2.08. The van der Waals surface area contributed by atoms with Gasteiger partial charge in [0.15, 0.2) is 15.8 Å². The molecule has 2 aliphatic rings. The Kier molecular flexibility index (Phi) is 7.05. The fourth-order valence-corrected chi connectivity index (χ4v) is 5.78. The molecule has 0 radical (unpaired) electrons. The van der Waals surface area contributed by atoms with Gasteiger partial charge in [-0.25, -0.2) is 0 Å². The summed E-state index contributed by atoms with van der Waals surface area (Å²) in [6.07, 6.45) is 2.81. The second-order valence-corrected chi connectivity index (χ2v) is 10.2. The first kappa shape index (κ1) is 22.8. The van der Waals surface area contributed by atoms with Crippen molar-refractivity contribution in [2.75, 3.05) is 37.9 Å². The van der Waals surface area contributed by atoms with Crippen molar-refractivity contribution in [2.24, 2.45) is 0 Å². The van der Waals surface area contributed by atoms with Crippen LogP contribution >= 0.6 is 23.1 Å². The van der Waals surface area contributed by atoms with Gasteiger partial charge in [0.1, 0.15) is 5.75 Å². The molecular formula is C24H26N4O4S2. The number of methoxy groups -OCH3 is 1. The molecule has 178 valence electrons. The highest BCUT2D eigenvalue weighted by Crippen LogP contribution is 2.38. The van der Waals surface area contributed by atoms with Crippen LogP contribution in [-0.4, -0.2) is 53.6 Å². The third kappa shape index (κ3) is 5.23. The third-order valence-electron chi connectivity index (χ3n) is 5.80. The number of amides is 1. The van der Waals surface area contributed by atoms with Crippen molar-refractivity contribution in [2.45, 2.75) is 29.6 Å². The maximum absolute atomic E-state index is 13.1. The molecule has 8 nitrogen and oxygen atoms in total. The average Bonchev–Trinajstić information content (AvgIpc) is 3.47. The normalized spacial score (nSPS) is 17.3. The SMILES string of the molecule is COc1ccc(Nc2nnc(SCC(=O)N3CCC[C@H]3c3ccc4c(c3)OCCCO4)s2)cc1. The van der Waals surface area contributed by atoms with Crippen molar-refractivity contribution in [1.29, 1.82) is 0 Å². The molecule has 0 unspecified atom stereocenters. The van der Waals surface area contributed by atoms with Gasteiger partial charge in [-0.15, -0.1) is 10.2 Å². The molecule has 0 spiro atoms. The molecule has 2 aromatic carbocycles. The summed E-state index contributed by atoms with van der Waals surface area (Å²) in [6, 6.07) is 13.7. The molecule has 1 N–H and O–H groups in total. The number of thioether (sulfide) groups is 1. The minimum absolute atomic E-state index is 0.0620. The van der Waals surface area contributed by atoms with Crippen LogP contribution in [-0.2, 0) is 4.79 Å². The summed E-state index contributed by atoms with van der Waals surface area (Å²) in [7, 11) is 1.64. The number of likely N-dealkylation sites (tertiary alicyclic amines) is 1. The quantitative estimate of drug-likeness (QED) is 0.460. The maximum atomic E-state index is 13.1. The zero-order valence-electron chi connectivity index (χ0n) is 18.9. The lowest BCUT2D eigenvalue weighted by atomic mass is 10.0. The van der Waals surface area contributed by atoms with E-state index in [2.05, 4.69) is 21.6 Å². The van der Waals surface area contributed by atoms with E-state index in [0.717, 1.165) is 58.6 Å². The number of hydrogen-bond acceptors (Lipinski definition) is 9. The molecular weight excluding hydrogens is 472 g/mol. The highest BCUT2D eigenvalue weighted by atomic mass is 32.2. The van der Waals surface area contributed by atoms with Crippen molar-refractivity contribution < 1.29 is 19.0 Å². The second-order valence-electron chi connectivity index (χ2n) is 8.02. The summed E-state index contributed by atoms with van der Waals surface area (Å²) < 4.78 is 17.5. The standard InChI is InChI=1S/C24H26N4O4S2/c1-30-18-8-6-17(7-9-18)25-23-26-27-24(34-23)33-15-22(29)28-11-2-4-19(28)16-5-10-20-21(14-16)32-13-3-12-31-20/h5-10,14,19H,2-4,11-13,15H2,1H3,(H,25,26)/t19-/m0/s1. The molecule has 34 heavy (non-hydrogen) atoms. The lowest BCUT2D eigenvalue weighted by Gasteiger charge is -2.25. The lowest BCUT2D eigenvalue weighted by molar-refractivity contribution is -0.129. The summed E-state index contributed by atoms with van der Waals surface area (Å²) in [5, 5.41) is 12.3. The van der Waals surface area contributed by atoms with E-state index in [0.29, 0.717) is 24.1 Å². The molecule has 0 saturated carbocycles. The van der Waals surface area contributed by atoms with Gasteiger partial charge in [-0.2, -0.15) is 0 Å². The van der Waals surface area contributed by atoms with E-state index in [1.165, 1.54) is 23.1 Å². The Morgan fingerprint density at radius 2 is 1.97 bits per heavy atom. The molecule has 1 amide bonds. The molecule has 5 rings (SSSR count). The Labute approximate surface area is 206 Å². The smallest absolute Gasteiger partial charge is 0.233 e. The Morgan fingerprint density at radius 1 is 1.15 bits per heavy atom. The van der Waals surface area contributed by atoms with Crippen LogP contribution in [0.1, 0.15) is 30.9 Å². The molecule has 3 heterocycles. The van der Waals surface area contributed by atoms with Crippen molar-refractivity contribution >= 4 is 39.8 Å². The van der Waals surface area contributed by atoms with Crippen LogP contribution in [0.5, 0.6) is 17.2 Å². The van der Waals surface area contributed by atoms with Crippen LogP contribution in [0.3, 0.4) is 0 Å². The van der Waals surface area contributed by atoms with E-state index in [4.69, 9.17) is 14.2 Å². The molecule has 2 aliphatic heterocycles. The molecule has 1 atom stereocenters.